The number of hydrogen-bond acceptors (Lipinski definition) is 4. The van der Waals surface area contributed by atoms with Crippen molar-refractivity contribution in [1.29, 1.82) is 5.26 Å². The molecule has 0 fully saturated rings. The van der Waals surface area contributed by atoms with Crippen molar-refractivity contribution in [3.8, 4) is 6.07 Å². The van der Waals surface area contributed by atoms with Crippen molar-refractivity contribution in [2.75, 3.05) is 6.61 Å². The van der Waals surface area contributed by atoms with Crippen molar-refractivity contribution >= 4 is 33.8 Å². The lowest BCUT2D eigenvalue weighted by atomic mass is 10.1. The van der Waals surface area contributed by atoms with Gasteiger partial charge >= 0.3 is 0 Å². The van der Waals surface area contributed by atoms with Crippen LogP contribution in [0.3, 0.4) is 0 Å². The van der Waals surface area contributed by atoms with Gasteiger partial charge in [0, 0.05) is 4.47 Å². The van der Waals surface area contributed by atoms with Crippen LogP contribution in [0.2, 0.25) is 0 Å². The van der Waals surface area contributed by atoms with E-state index in [0.29, 0.717) is 21.8 Å². The Balaban J connectivity index is 1.76. The molecule has 0 unspecified atom stereocenters. The SMILES string of the molecule is N#C/C(=C\c1ccccc1Br)CON1C(=O)c2ccccc2C1=O. The molecule has 2 amide bonds. The number of hydrogen-bond donors (Lipinski definition) is 0. The third-order valence-corrected chi connectivity index (χ3v) is 4.21. The van der Waals surface area contributed by atoms with Crippen molar-refractivity contribution < 1.29 is 14.4 Å². The summed E-state index contributed by atoms with van der Waals surface area (Å²) in [5, 5.41) is 9.96. The van der Waals surface area contributed by atoms with Gasteiger partial charge in [0.25, 0.3) is 11.8 Å². The normalized spacial score (nSPS) is 13.8. The van der Waals surface area contributed by atoms with Gasteiger partial charge in [-0.25, -0.2) is 0 Å². The number of fused-ring (bicyclic) bond motifs is 1. The lowest BCUT2D eigenvalue weighted by molar-refractivity contribution is -0.0814. The molecule has 0 saturated carbocycles. The molecule has 0 aliphatic carbocycles. The van der Waals surface area contributed by atoms with Gasteiger partial charge in [-0.05, 0) is 29.8 Å². The van der Waals surface area contributed by atoms with Gasteiger partial charge in [0.1, 0.15) is 6.61 Å². The number of halogens is 1. The molecule has 5 nitrogen and oxygen atoms in total. The van der Waals surface area contributed by atoms with E-state index in [1.54, 1.807) is 30.3 Å². The first-order chi connectivity index (χ1) is 11.6. The fraction of sp³-hybridized carbons (Fsp3) is 0.0556. The predicted molar refractivity (Wildman–Crippen MR) is 90.6 cm³/mol. The highest BCUT2D eigenvalue weighted by molar-refractivity contribution is 9.10. The highest BCUT2D eigenvalue weighted by atomic mass is 79.9. The van der Waals surface area contributed by atoms with E-state index in [2.05, 4.69) is 15.9 Å². The standard InChI is InChI=1S/C18H11BrN2O3/c19-16-8-4-1-5-13(16)9-12(10-20)11-24-21-17(22)14-6-2-3-7-15(14)18(21)23/h1-9H,11H2/b12-9+. The van der Waals surface area contributed by atoms with Crippen LogP contribution in [0.15, 0.2) is 58.6 Å². The molecule has 6 heteroatoms. The molecule has 0 spiro atoms. The first kappa shape index (κ1) is 16.1. The van der Waals surface area contributed by atoms with Gasteiger partial charge in [-0.1, -0.05) is 46.3 Å². The van der Waals surface area contributed by atoms with E-state index in [4.69, 9.17) is 4.84 Å². The molecule has 0 saturated heterocycles. The van der Waals surface area contributed by atoms with Crippen LogP contribution in [-0.2, 0) is 4.84 Å². The Labute approximate surface area is 146 Å². The largest absolute Gasteiger partial charge is 0.285 e. The number of carbonyl (C=O) groups excluding carboxylic acids is 2. The molecule has 0 N–H and O–H groups in total. The van der Waals surface area contributed by atoms with Crippen molar-refractivity contribution in [2.24, 2.45) is 0 Å². The molecule has 3 rings (SSSR count). The van der Waals surface area contributed by atoms with Gasteiger partial charge in [-0.3, -0.25) is 14.4 Å². The lowest BCUT2D eigenvalue weighted by Crippen LogP contribution is -2.30. The van der Waals surface area contributed by atoms with Gasteiger partial charge in [0.15, 0.2) is 0 Å². The smallest absolute Gasteiger partial charge is 0.266 e. The minimum atomic E-state index is -0.520. The Bertz CT molecular complexity index is 864. The van der Waals surface area contributed by atoms with Crippen LogP contribution in [-0.4, -0.2) is 23.5 Å². The highest BCUT2D eigenvalue weighted by Gasteiger charge is 2.36. The molecule has 0 aromatic heterocycles. The molecule has 118 valence electrons. The van der Waals surface area contributed by atoms with E-state index in [9.17, 15) is 14.9 Å². The van der Waals surface area contributed by atoms with Crippen LogP contribution < -0.4 is 0 Å². The monoisotopic (exact) mass is 382 g/mol. The first-order valence-electron chi connectivity index (χ1n) is 7.07. The fourth-order valence-corrected chi connectivity index (χ4v) is 2.70. The molecule has 0 atom stereocenters. The van der Waals surface area contributed by atoms with Gasteiger partial charge < -0.3 is 0 Å². The summed E-state index contributed by atoms with van der Waals surface area (Å²) in [5.41, 5.74) is 1.70. The zero-order valence-corrected chi connectivity index (χ0v) is 14.0. The van der Waals surface area contributed by atoms with Crippen LogP contribution in [0.5, 0.6) is 0 Å². The van der Waals surface area contributed by atoms with Gasteiger partial charge in [-0.2, -0.15) is 5.26 Å². The quantitative estimate of drug-likeness (QED) is 0.598. The number of hydroxylamine groups is 2. The zero-order valence-electron chi connectivity index (χ0n) is 12.4. The van der Waals surface area contributed by atoms with Crippen LogP contribution in [0.25, 0.3) is 6.08 Å². The van der Waals surface area contributed by atoms with Crippen LogP contribution in [0.4, 0.5) is 0 Å². The summed E-state index contributed by atoms with van der Waals surface area (Å²) >= 11 is 3.40. The number of amides is 2. The molecule has 24 heavy (non-hydrogen) atoms. The summed E-state index contributed by atoms with van der Waals surface area (Å²) in [6.45, 7) is -0.177. The lowest BCUT2D eigenvalue weighted by Gasteiger charge is -2.12. The van der Waals surface area contributed by atoms with Crippen LogP contribution >= 0.6 is 15.9 Å². The number of rotatable bonds is 4. The summed E-state index contributed by atoms with van der Waals surface area (Å²) in [7, 11) is 0. The van der Waals surface area contributed by atoms with Crippen LogP contribution in [0.1, 0.15) is 26.3 Å². The molecule has 0 radical (unpaired) electrons. The van der Waals surface area contributed by atoms with Crippen molar-refractivity contribution in [2.45, 2.75) is 0 Å². The topological polar surface area (TPSA) is 70.4 Å². The zero-order chi connectivity index (χ0) is 17.1. The maximum Gasteiger partial charge on any atom is 0.285 e. The average molecular weight is 383 g/mol. The summed E-state index contributed by atoms with van der Waals surface area (Å²) in [4.78, 5) is 29.7. The van der Waals surface area contributed by atoms with Crippen molar-refractivity contribution in [3.63, 3.8) is 0 Å². The molecule has 1 aliphatic rings. The Kier molecular flexibility index (Phi) is 4.56. The first-order valence-corrected chi connectivity index (χ1v) is 7.87. The summed E-state index contributed by atoms with van der Waals surface area (Å²) in [5.74, 6) is -1.04. The minimum Gasteiger partial charge on any atom is -0.266 e. The average Bonchev–Trinajstić information content (AvgIpc) is 2.85. The Morgan fingerprint density at radius 1 is 1.08 bits per heavy atom. The van der Waals surface area contributed by atoms with Crippen molar-refractivity contribution in [3.05, 3.63) is 75.3 Å². The van der Waals surface area contributed by atoms with E-state index in [0.717, 1.165) is 10.0 Å². The second kappa shape index (κ2) is 6.79. The van der Waals surface area contributed by atoms with E-state index in [-0.39, 0.29) is 6.61 Å². The molecular weight excluding hydrogens is 372 g/mol. The molecule has 2 aromatic carbocycles. The van der Waals surface area contributed by atoms with Gasteiger partial charge in [0.2, 0.25) is 0 Å². The minimum absolute atomic E-state index is 0.177. The maximum atomic E-state index is 12.2. The molecule has 1 aliphatic heterocycles. The predicted octanol–water partition coefficient (Wildman–Crippen LogP) is 3.58. The third kappa shape index (κ3) is 3.00. The summed E-state index contributed by atoms with van der Waals surface area (Å²) in [6.07, 6.45) is 1.64. The van der Waals surface area contributed by atoms with E-state index in [1.807, 2.05) is 30.3 Å². The number of nitrogens with zero attached hydrogens (tertiary/aromatic N) is 2. The number of carbonyl (C=O) groups is 2. The fourth-order valence-electron chi connectivity index (χ4n) is 2.30. The molecule has 2 aromatic rings. The third-order valence-electron chi connectivity index (χ3n) is 3.48. The second-order valence-electron chi connectivity index (χ2n) is 5.03. The number of nitriles is 1. The highest BCUT2D eigenvalue weighted by Crippen LogP contribution is 2.23. The molecule has 1 heterocycles. The number of imide groups is 1. The molecule has 0 bridgehead atoms. The van der Waals surface area contributed by atoms with Crippen LogP contribution in [0, 0.1) is 11.3 Å². The summed E-state index contributed by atoms with van der Waals surface area (Å²) in [6, 6.07) is 15.9. The Morgan fingerprint density at radius 3 is 2.25 bits per heavy atom. The van der Waals surface area contributed by atoms with E-state index >= 15 is 0 Å². The van der Waals surface area contributed by atoms with Gasteiger partial charge in [0.05, 0.1) is 22.8 Å². The number of benzene rings is 2. The van der Waals surface area contributed by atoms with Gasteiger partial charge in [-0.15, -0.1) is 5.06 Å². The van der Waals surface area contributed by atoms with E-state index in [1.165, 1.54) is 0 Å². The Morgan fingerprint density at radius 2 is 1.67 bits per heavy atom. The maximum absolute atomic E-state index is 12.2. The molecular formula is C18H11BrN2O3. The summed E-state index contributed by atoms with van der Waals surface area (Å²) < 4.78 is 0.832. The van der Waals surface area contributed by atoms with Crippen molar-refractivity contribution in [1.82, 2.24) is 5.06 Å². The Hall–Kier alpha value is -2.75. The van der Waals surface area contributed by atoms with E-state index < -0.39 is 11.8 Å². The second-order valence-corrected chi connectivity index (χ2v) is 5.88.